The topological polar surface area (TPSA) is 50.4 Å². The molecule has 0 spiro atoms. The second-order valence-electron chi connectivity index (χ2n) is 5.12. The SMILES string of the molecule is Cc1cc(Cl)ccc1NC(=O)NCCCOc1ccc(Br)cc1Cl. The number of rotatable bonds is 6. The molecule has 2 aromatic rings. The fourth-order valence-corrected chi connectivity index (χ4v) is 2.94. The van der Waals surface area contributed by atoms with Gasteiger partial charge in [0.05, 0.1) is 11.6 Å². The maximum absolute atomic E-state index is 11.9. The lowest BCUT2D eigenvalue weighted by atomic mass is 10.2. The van der Waals surface area contributed by atoms with E-state index in [2.05, 4.69) is 26.6 Å². The van der Waals surface area contributed by atoms with Gasteiger partial charge >= 0.3 is 6.03 Å². The highest BCUT2D eigenvalue weighted by Crippen LogP contribution is 2.27. The third-order valence-corrected chi connectivity index (χ3v) is 4.22. The third kappa shape index (κ3) is 5.89. The van der Waals surface area contributed by atoms with Crippen molar-refractivity contribution in [3.05, 3.63) is 56.5 Å². The molecule has 0 aliphatic rings. The van der Waals surface area contributed by atoms with Gasteiger partial charge in [-0.15, -0.1) is 0 Å². The van der Waals surface area contributed by atoms with Crippen molar-refractivity contribution in [3.63, 3.8) is 0 Å². The van der Waals surface area contributed by atoms with Crippen LogP contribution in [0.15, 0.2) is 40.9 Å². The van der Waals surface area contributed by atoms with Crippen LogP contribution < -0.4 is 15.4 Å². The van der Waals surface area contributed by atoms with Gasteiger partial charge < -0.3 is 15.4 Å². The number of benzene rings is 2. The maximum Gasteiger partial charge on any atom is 0.319 e. The molecule has 128 valence electrons. The minimum atomic E-state index is -0.262. The van der Waals surface area contributed by atoms with Crippen LogP contribution in [0, 0.1) is 6.92 Å². The molecule has 0 heterocycles. The van der Waals surface area contributed by atoms with Crippen LogP contribution in [0.1, 0.15) is 12.0 Å². The maximum atomic E-state index is 11.9. The number of hydrogen-bond acceptors (Lipinski definition) is 2. The number of nitrogens with one attached hydrogen (secondary N) is 2. The van der Waals surface area contributed by atoms with E-state index in [1.165, 1.54) is 0 Å². The summed E-state index contributed by atoms with van der Waals surface area (Å²) in [5, 5.41) is 6.76. The number of ether oxygens (including phenoxy) is 1. The number of amides is 2. The predicted octanol–water partition coefficient (Wildman–Crippen LogP) is 5.65. The van der Waals surface area contributed by atoms with Crippen molar-refractivity contribution in [1.29, 1.82) is 0 Å². The molecule has 7 heteroatoms. The molecule has 0 aliphatic carbocycles. The Labute approximate surface area is 159 Å². The lowest BCUT2D eigenvalue weighted by molar-refractivity contribution is 0.250. The molecule has 0 aromatic heterocycles. The first kappa shape index (κ1) is 18.9. The molecule has 2 aromatic carbocycles. The van der Waals surface area contributed by atoms with E-state index in [4.69, 9.17) is 27.9 Å². The Morgan fingerprint density at radius 2 is 2.00 bits per heavy atom. The van der Waals surface area contributed by atoms with Crippen LogP contribution in [0.3, 0.4) is 0 Å². The van der Waals surface area contributed by atoms with E-state index >= 15 is 0 Å². The Kier molecular flexibility index (Phi) is 7.21. The van der Waals surface area contributed by atoms with E-state index in [9.17, 15) is 4.79 Å². The minimum absolute atomic E-state index is 0.262. The highest BCUT2D eigenvalue weighted by Gasteiger charge is 2.05. The highest BCUT2D eigenvalue weighted by molar-refractivity contribution is 9.10. The molecule has 2 N–H and O–H groups in total. The second kappa shape index (κ2) is 9.16. The lowest BCUT2D eigenvalue weighted by Crippen LogP contribution is -2.30. The zero-order valence-corrected chi connectivity index (χ0v) is 16.1. The average molecular weight is 432 g/mol. The van der Waals surface area contributed by atoms with Crippen molar-refractivity contribution in [2.24, 2.45) is 0 Å². The van der Waals surface area contributed by atoms with Crippen LogP contribution in [0.2, 0.25) is 10.0 Å². The van der Waals surface area contributed by atoms with E-state index in [-0.39, 0.29) is 6.03 Å². The Balaban J connectivity index is 1.69. The smallest absolute Gasteiger partial charge is 0.319 e. The van der Waals surface area contributed by atoms with Crippen LogP contribution in [0.5, 0.6) is 5.75 Å². The first-order valence-corrected chi connectivity index (χ1v) is 8.89. The van der Waals surface area contributed by atoms with Crippen LogP contribution in [0.4, 0.5) is 10.5 Å². The molecule has 0 bridgehead atoms. The largest absolute Gasteiger partial charge is 0.492 e. The molecule has 2 amide bonds. The summed E-state index contributed by atoms with van der Waals surface area (Å²) < 4.78 is 6.48. The van der Waals surface area contributed by atoms with Crippen molar-refractivity contribution in [1.82, 2.24) is 5.32 Å². The monoisotopic (exact) mass is 430 g/mol. The third-order valence-electron chi connectivity index (χ3n) is 3.19. The zero-order valence-electron chi connectivity index (χ0n) is 13.0. The van der Waals surface area contributed by atoms with Gasteiger partial charge in [-0.3, -0.25) is 0 Å². The minimum Gasteiger partial charge on any atom is -0.492 e. The van der Waals surface area contributed by atoms with Gasteiger partial charge in [0.15, 0.2) is 0 Å². The molecular formula is C17H17BrCl2N2O2. The number of carbonyl (C=O) groups excluding carboxylic acids is 1. The van der Waals surface area contributed by atoms with Gasteiger partial charge in [0.1, 0.15) is 5.75 Å². The summed E-state index contributed by atoms with van der Waals surface area (Å²) in [5.41, 5.74) is 1.64. The summed E-state index contributed by atoms with van der Waals surface area (Å²) in [6.07, 6.45) is 0.666. The summed E-state index contributed by atoms with van der Waals surface area (Å²) in [5.74, 6) is 0.626. The summed E-state index contributed by atoms with van der Waals surface area (Å²) in [6.45, 7) is 2.84. The Bertz CT molecular complexity index is 726. The van der Waals surface area contributed by atoms with E-state index in [0.29, 0.717) is 35.4 Å². The molecule has 0 aliphatic heterocycles. The number of aryl methyl sites for hydroxylation is 1. The molecule has 4 nitrogen and oxygen atoms in total. The predicted molar refractivity (Wildman–Crippen MR) is 102 cm³/mol. The van der Waals surface area contributed by atoms with Gasteiger partial charge in [0.2, 0.25) is 0 Å². The molecule has 2 rings (SSSR count). The summed E-state index contributed by atoms with van der Waals surface area (Å²) in [7, 11) is 0. The molecule has 0 unspecified atom stereocenters. The van der Waals surface area contributed by atoms with Crippen molar-refractivity contribution < 1.29 is 9.53 Å². The van der Waals surface area contributed by atoms with Gasteiger partial charge in [0, 0.05) is 21.7 Å². The highest BCUT2D eigenvalue weighted by atomic mass is 79.9. The normalized spacial score (nSPS) is 10.3. The summed E-state index contributed by atoms with van der Waals surface area (Å²) >= 11 is 15.3. The van der Waals surface area contributed by atoms with Crippen molar-refractivity contribution in [3.8, 4) is 5.75 Å². The van der Waals surface area contributed by atoms with Gasteiger partial charge in [-0.05, 0) is 55.3 Å². The fourth-order valence-electron chi connectivity index (χ4n) is 1.98. The molecule has 0 radical (unpaired) electrons. The first-order chi connectivity index (χ1) is 11.5. The van der Waals surface area contributed by atoms with E-state index < -0.39 is 0 Å². The summed E-state index contributed by atoms with van der Waals surface area (Å²) in [4.78, 5) is 11.9. The molecule has 0 fully saturated rings. The summed E-state index contributed by atoms with van der Waals surface area (Å²) in [6, 6.07) is 10.5. The van der Waals surface area contributed by atoms with Gasteiger partial charge in [0.25, 0.3) is 0 Å². The molecular weight excluding hydrogens is 415 g/mol. The first-order valence-electron chi connectivity index (χ1n) is 7.34. The number of carbonyl (C=O) groups is 1. The molecule has 0 atom stereocenters. The molecule has 0 saturated carbocycles. The van der Waals surface area contributed by atoms with E-state index in [1.54, 1.807) is 30.3 Å². The molecule has 0 saturated heterocycles. The number of hydrogen-bond donors (Lipinski definition) is 2. The Hall–Kier alpha value is -1.43. The van der Waals surface area contributed by atoms with Crippen LogP contribution >= 0.6 is 39.1 Å². The number of halogens is 3. The number of anilines is 1. The van der Waals surface area contributed by atoms with Gasteiger partial charge in [-0.25, -0.2) is 4.79 Å². The Morgan fingerprint density at radius 1 is 1.21 bits per heavy atom. The fraction of sp³-hybridized carbons (Fsp3) is 0.235. The average Bonchev–Trinajstić information content (AvgIpc) is 2.51. The Morgan fingerprint density at radius 3 is 2.71 bits per heavy atom. The lowest BCUT2D eigenvalue weighted by Gasteiger charge is -2.11. The molecule has 24 heavy (non-hydrogen) atoms. The van der Waals surface area contributed by atoms with Crippen molar-refractivity contribution in [2.75, 3.05) is 18.5 Å². The number of urea groups is 1. The standard InChI is InChI=1S/C17H17BrCl2N2O2/c1-11-9-13(19)4-5-15(11)22-17(23)21-7-2-8-24-16-6-3-12(18)10-14(16)20/h3-6,9-10H,2,7-8H2,1H3,(H2,21,22,23). The van der Waals surface area contributed by atoms with Crippen molar-refractivity contribution >= 4 is 50.9 Å². The quantitative estimate of drug-likeness (QED) is 0.580. The van der Waals surface area contributed by atoms with Crippen LogP contribution in [-0.4, -0.2) is 19.2 Å². The van der Waals surface area contributed by atoms with E-state index in [0.717, 1.165) is 15.7 Å². The zero-order chi connectivity index (χ0) is 17.5. The van der Waals surface area contributed by atoms with Gasteiger partial charge in [-0.1, -0.05) is 39.1 Å². The van der Waals surface area contributed by atoms with Crippen LogP contribution in [-0.2, 0) is 0 Å². The van der Waals surface area contributed by atoms with Crippen molar-refractivity contribution in [2.45, 2.75) is 13.3 Å². The van der Waals surface area contributed by atoms with E-state index in [1.807, 2.05) is 13.0 Å². The van der Waals surface area contributed by atoms with Crippen LogP contribution in [0.25, 0.3) is 0 Å². The second-order valence-corrected chi connectivity index (χ2v) is 6.88. The van der Waals surface area contributed by atoms with Gasteiger partial charge in [-0.2, -0.15) is 0 Å².